The van der Waals surface area contributed by atoms with E-state index < -0.39 is 5.97 Å². The van der Waals surface area contributed by atoms with Crippen LogP contribution in [0.5, 0.6) is 0 Å². The molecule has 1 N–H and O–H groups in total. The van der Waals surface area contributed by atoms with Gasteiger partial charge >= 0.3 is 5.97 Å². The van der Waals surface area contributed by atoms with Crippen molar-refractivity contribution in [3.8, 4) is 0 Å². The molecule has 0 saturated carbocycles. The molecule has 0 aromatic rings. The molecule has 0 bridgehead atoms. The van der Waals surface area contributed by atoms with Crippen LogP contribution in [0.4, 0.5) is 0 Å². The Morgan fingerprint density at radius 2 is 2.27 bits per heavy atom. The van der Waals surface area contributed by atoms with E-state index in [0.717, 1.165) is 18.8 Å². The van der Waals surface area contributed by atoms with Crippen LogP contribution >= 0.6 is 11.8 Å². The zero-order chi connectivity index (χ0) is 11.5. The molecular formula is C11H19NO2S. The van der Waals surface area contributed by atoms with Gasteiger partial charge in [0, 0.05) is 18.8 Å². The second kappa shape index (κ2) is 9.65. The molecule has 0 saturated heterocycles. The van der Waals surface area contributed by atoms with Gasteiger partial charge in [-0.1, -0.05) is 12.2 Å². The average Bonchev–Trinajstić information content (AvgIpc) is 2.28. The molecule has 1 aliphatic rings. The molecule has 0 aliphatic carbocycles. The molecular weight excluding hydrogens is 210 g/mol. The zero-order valence-electron chi connectivity index (χ0n) is 9.35. The number of nitrogens with zero attached hydrogens (tertiary/aromatic N) is 1. The standard InChI is InChI=1S/C7H11N.C4H8O2S/c1-2-8-6-4-3-5-7-8;1-7-3-2-4(5)6/h3-6H,2,7H2,1H3;2-3H2,1H3,(H,5,6). The van der Waals surface area contributed by atoms with Gasteiger partial charge in [0.05, 0.1) is 6.42 Å². The van der Waals surface area contributed by atoms with Gasteiger partial charge in [-0.25, -0.2) is 0 Å². The fourth-order valence-electron chi connectivity index (χ4n) is 0.931. The maximum Gasteiger partial charge on any atom is 0.304 e. The molecule has 0 amide bonds. The van der Waals surface area contributed by atoms with E-state index in [2.05, 4.69) is 36.3 Å². The Labute approximate surface area is 95.8 Å². The van der Waals surface area contributed by atoms with Crippen molar-refractivity contribution in [2.75, 3.05) is 25.1 Å². The number of aliphatic carboxylic acids is 1. The van der Waals surface area contributed by atoms with Crippen molar-refractivity contribution in [2.45, 2.75) is 13.3 Å². The van der Waals surface area contributed by atoms with Gasteiger partial charge in [0.2, 0.25) is 0 Å². The number of allylic oxidation sites excluding steroid dienone is 2. The first-order chi connectivity index (χ1) is 7.20. The highest BCUT2D eigenvalue weighted by molar-refractivity contribution is 7.98. The number of carboxylic acid groups (broad SMARTS) is 1. The molecule has 0 spiro atoms. The molecule has 15 heavy (non-hydrogen) atoms. The second-order valence-corrected chi connectivity index (χ2v) is 3.98. The van der Waals surface area contributed by atoms with Gasteiger partial charge in [0.1, 0.15) is 0 Å². The van der Waals surface area contributed by atoms with Gasteiger partial charge in [0.15, 0.2) is 0 Å². The largest absolute Gasteiger partial charge is 0.481 e. The van der Waals surface area contributed by atoms with Crippen LogP contribution < -0.4 is 0 Å². The molecule has 4 heteroatoms. The van der Waals surface area contributed by atoms with Crippen LogP contribution in [-0.4, -0.2) is 41.1 Å². The maximum atomic E-state index is 9.74. The Balaban J connectivity index is 0.000000265. The van der Waals surface area contributed by atoms with Crippen molar-refractivity contribution in [1.82, 2.24) is 4.90 Å². The van der Waals surface area contributed by atoms with Crippen LogP contribution in [0.3, 0.4) is 0 Å². The fraction of sp³-hybridized carbons (Fsp3) is 0.545. The predicted molar refractivity (Wildman–Crippen MR) is 66.2 cm³/mol. The molecule has 86 valence electrons. The van der Waals surface area contributed by atoms with Gasteiger partial charge < -0.3 is 10.0 Å². The van der Waals surface area contributed by atoms with Gasteiger partial charge in [0.25, 0.3) is 0 Å². The number of hydrogen-bond acceptors (Lipinski definition) is 3. The normalized spacial score (nSPS) is 13.3. The second-order valence-electron chi connectivity index (χ2n) is 2.99. The van der Waals surface area contributed by atoms with E-state index in [0.29, 0.717) is 0 Å². The van der Waals surface area contributed by atoms with Crippen molar-refractivity contribution in [1.29, 1.82) is 0 Å². The minimum Gasteiger partial charge on any atom is -0.481 e. The summed E-state index contributed by atoms with van der Waals surface area (Å²) >= 11 is 1.55. The fourth-order valence-corrected chi connectivity index (χ4v) is 1.31. The van der Waals surface area contributed by atoms with E-state index >= 15 is 0 Å². The Morgan fingerprint density at radius 3 is 2.53 bits per heavy atom. The molecule has 0 aromatic heterocycles. The Bertz CT molecular complexity index is 227. The molecule has 0 unspecified atom stereocenters. The first-order valence-electron chi connectivity index (χ1n) is 4.98. The maximum absolute atomic E-state index is 9.74. The molecule has 1 aliphatic heterocycles. The van der Waals surface area contributed by atoms with Crippen LogP contribution in [0.2, 0.25) is 0 Å². The number of likely N-dealkylation sites (N-methyl/N-ethyl adjacent to an activating group) is 1. The third kappa shape index (κ3) is 9.41. The van der Waals surface area contributed by atoms with E-state index in [4.69, 9.17) is 5.11 Å². The van der Waals surface area contributed by atoms with Crippen LogP contribution in [0.15, 0.2) is 24.4 Å². The lowest BCUT2D eigenvalue weighted by molar-refractivity contribution is -0.136. The third-order valence-electron chi connectivity index (χ3n) is 1.81. The molecule has 0 fully saturated rings. The smallest absolute Gasteiger partial charge is 0.304 e. The topological polar surface area (TPSA) is 40.5 Å². The van der Waals surface area contributed by atoms with E-state index in [-0.39, 0.29) is 6.42 Å². The lowest BCUT2D eigenvalue weighted by Crippen LogP contribution is -2.17. The molecule has 1 heterocycles. The number of hydrogen-bond donors (Lipinski definition) is 1. The van der Waals surface area contributed by atoms with Gasteiger partial charge in [-0.15, -0.1) is 0 Å². The highest BCUT2D eigenvalue weighted by Gasteiger charge is 1.92. The minimum atomic E-state index is -0.714. The number of rotatable bonds is 4. The van der Waals surface area contributed by atoms with E-state index in [1.54, 1.807) is 11.8 Å². The third-order valence-corrected chi connectivity index (χ3v) is 2.42. The van der Waals surface area contributed by atoms with Crippen molar-refractivity contribution < 1.29 is 9.90 Å². The minimum absolute atomic E-state index is 0.279. The lowest BCUT2D eigenvalue weighted by atomic mass is 10.3. The number of carbonyl (C=O) groups is 1. The van der Waals surface area contributed by atoms with Crippen LogP contribution in [0.25, 0.3) is 0 Å². The first-order valence-corrected chi connectivity index (χ1v) is 6.38. The molecule has 0 atom stereocenters. The summed E-state index contributed by atoms with van der Waals surface area (Å²) in [5.41, 5.74) is 0. The SMILES string of the molecule is CCN1C=CC=CC1.CSCCC(=O)O. The average molecular weight is 229 g/mol. The Morgan fingerprint density at radius 1 is 1.53 bits per heavy atom. The summed E-state index contributed by atoms with van der Waals surface area (Å²) in [6.07, 6.45) is 10.6. The van der Waals surface area contributed by atoms with Crippen LogP contribution in [0, 0.1) is 0 Å². The Hall–Kier alpha value is -0.900. The summed E-state index contributed by atoms with van der Waals surface area (Å²) in [5, 5.41) is 8.03. The predicted octanol–water partition coefficient (Wildman–Crippen LogP) is 2.22. The summed E-state index contributed by atoms with van der Waals surface area (Å²) in [4.78, 5) is 12.0. The summed E-state index contributed by atoms with van der Waals surface area (Å²) in [5.74, 6) is 0.00403. The first kappa shape index (κ1) is 14.1. The van der Waals surface area contributed by atoms with Crippen LogP contribution in [-0.2, 0) is 4.79 Å². The summed E-state index contributed by atoms with van der Waals surface area (Å²) in [6, 6.07) is 0. The van der Waals surface area contributed by atoms with Gasteiger partial charge in [-0.05, 0) is 25.5 Å². The summed E-state index contributed by atoms with van der Waals surface area (Å²) in [6.45, 7) is 4.34. The highest BCUT2D eigenvalue weighted by Crippen LogP contribution is 1.95. The van der Waals surface area contributed by atoms with E-state index in [1.807, 2.05) is 6.26 Å². The molecule has 1 rings (SSSR count). The van der Waals surface area contributed by atoms with E-state index in [9.17, 15) is 4.79 Å². The monoisotopic (exact) mass is 229 g/mol. The summed E-state index contributed by atoms with van der Waals surface area (Å²) < 4.78 is 0. The molecule has 3 nitrogen and oxygen atoms in total. The van der Waals surface area contributed by atoms with Crippen molar-refractivity contribution >= 4 is 17.7 Å². The van der Waals surface area contributed by atoms with E-state index in [1.165, 1.54) is 0 Å². The number of thioether (sulfide) groups is 1. The quantitative estimate of drug-likeness (QED) is 0.802. The van der Waals surface area contributed by atoms with Crippen molar-refractivity contribution in [2.24, 2.45) is 0 Å². The van der Waals surface area contributed by atoms with Crippen molar-refractivity contribution in [3.05, 3.63) is 24.4 Å². The van der Waals surface area contributed by atoms with Gasteiger partial charge in [-0.2, -0.15) is 11.8 Å². The molecule has 0 radical (unpaired) electrons. The summed E-state index contributed by atoms with van der Waals surface area (Å²) in [7, 11) is 0. The number of carboxylic acids is 1. The lowest BCUT2D eigenvalue weighted by Gasteiger charge is -2.16. The van der Waals surface area contributed by atoms with Crippen LogP contribution in [0.1, 0.15) is 13.3 Å². The molecule has 0 aromatic carbocycles. The highest BCUT2D eigenvalue weighted by atomic mass is 32.2. The zero-order valence-corrected chi connectivity index (χ0v) is 10.2. The van der Waals surface area contributed by atoms with Crippen molar-refractivity contribution in [3.63, 3.8) is 0 Å². The Kier molecular flexibility index (Phi) is 9.07. The van der Waals surface area contributed by atoms with Gasteiger partial charge in [-0.3, -0.25) is 4.79 Å².